The van der Waals surface area contributed by atoms with Gasteiger partial charge in [0.25, 0.3) is 0 Å². The highest BCUT2D eigenvalue weighted by Gasteiger charge is 2.25. The lowest BCUT2D eigenvalue weighted by Gasteiger charge is -2.21. The number of benzene rings is 1. The fourth-order valence-corrected chi connectivity index (χ4v) is 1.47. The molecule has 16 heavy (non-hydrogen) atoms. The van der Waals surface area contributed by atoms with E-state index in [9.17, 15) is 9.18 Å². The molecule has 0 amide bonds. The lowest BCUT2D eigenvalue weighted by atomic mass is 9.82. The lowest BCUT2D eigenvalue weighted by molar-refractivity contribution is -0.126. The number of hydrogen-bond donors (Lipinski definition) is 0. The Balaban J connectivity index is 2.89. The molecule has 0 aliphatic rings. The van der Waals surface area contributed by atoms with Gasteiger partial charge in [0.1, 0.15) is 11.6 Å². The van der Waals surface area contributed by atoms with E-state index >= 15 is 0 Å². The lowest BCUT2D eigenvalue weighted by Crippen LogP contribution is -2.25. The van der Waals surface area contributed by atoms with Crippen molar-refractivity contribution in [2.75, 3.05) is 0 Å². The van der Waals surface area contributed by atoms with E-state index < -0.39 is 0 Å². The average molecular weight is 243 g/mol. The van der Waals surface area contributed by atoms with Crippen molar-refractivity contribution in [1.82, 2.24) is 0 Å². The smallest absolute Gasteiger partial charge is 0.142 e. The van der Waals surface area contributed by atoms with Crippen LogP contribution < -0.4 is 0 Å². The van der Waals surface area contributed by atoms with Crippen LogP contribution in [0, 0.1) is 11.2 Å². The molecule has 0 spiro atoms. The third kappa shape index (κ3) is 3.05. The zero-order valence-corrected chi connectivity index (χ0v) is 10.6. The molecule has 0 saturated carbocycles. The van der Waals surface area contributed by atoms with Crippen molar-refractivity contribution in [3.8, 4) is 0 Å². The Labute approximate surface area is 101 Å². The van der Waals surface area contributed by atoms with Gasteiger partial charge in [0.15, 0.2) is 0 Å². The predicted octanol–water partition coefficient (Wildman–Crippen LogP) is 4.03. The second kappa shape index (κ2) is 4.96. The minimum atomic E-state index is -0.379. The first-order valence-electron chi connectivity index (χ1n) is 5.34. The topological polar surface area (TPSA) is 17.1 Å². The van der Waals surface area contributed by atoms with Crippen molar-refractivity contribution in [3.63, 3.8) is 0 Å². The van der Waals surface area contributed by atoms with Crippen LogP contribution in [0.5, 0.6) is 0 Å². The molecule has 0 fully saturated rings. The van der Waals surface area contributed by atoms with Crippen LogP contribution in [0.3, 0.4) is 0 Å². The van der Waals surface area contributed by atoms with Gasteiger partial charge < -0.3 is 0 Å². The fourth-order valence-electron chi connectivity index (χ4n) is 1.29. The summed E-state index contributed by atoms with van der Waals surface area (Å²) in [6.45, 7) is 5.75. The van der Waals surface area contributed by atoms with Gasteiger partial charge in [-0.2, -0.15) is 0 Å². The molecule has 0 atom stereocenters. The Morgan fingerprint density at radius 1 is 1.44 bits per heavy atom. The Bertz CT molecular complexity index is 399. The van der Waals surface area contributed by atoms with Crippen LogP contribution in [-0.4, -0.2) is 5.78 Å². The molecule has 0 radical (unpaired) electrons. The largest absolute Gasteiger partial charge is 0.299 e. The van der Waals surface area contributed by atoms with Crippen molar-refractivity contribution >= 4 is 17.4 Å². The molecule has 0 aliphatic heterocycles. The summed E-state index contributed by atoms with van der Waals surface area (Å²) in [5.74, 6) is -0.274. The molecule has 1 rings (SSSR count). The van der Waals surface area contributed by atoms with E-state index in [-0.39, 0.29) is 23.4 Å². The van der Waals surface area contributed by atoms with Gasteiger partial charge in [-0.3, -0.25) is 4.79 Å². The maximum Gasteiger partial charge on any atom is 0.142 e. The molecule has 0 unspecified atom stereocenters. The summed E-state index contributed by atoms with van der Waals surface area (Å²) in [4.78, 5) is 11.9. The zero-order valence-electron chi connectivity index (χ0n) is 9.81. The Hall–Kier alpha value is -0.890. The summed E-state index contributed by atoms with van der Waals surface area (Å²) in [5, 5.41) is 0.446. The summed E-state index contributed by atoms with van der Waals surface area (Å²) in [5.41, 5.74) is 0.184. The Morgan fingerprint density at radius 3 is 2.62 bits per heavy atom. The van der Waals surface area contributed by atoms with Crippen LogP contribution in [-0.2, 0) is 11.2 Å². The van der Waals surface area contributed by atoms with Crippen LogP contribution >= 0.6 is 11.6 Å². The van der Waals surface area contributed by atoms with Gasteiger partial charge in [-0.25, -0.2) is 4.39 Å². The fraction of sp³-hybridized carbons (Fsp3) is 0.462. The molecule has 0 N–H and O–H groups in total. The second-order valence-corrected chi connectivity index (χ2v) is 4.98. The summed E-state index contributed by atoms with van der Waals surface area (Å²) in [7, 11) is 0. The molecule has 88 valence electrons. The molecule has 0 aliphatic carbocycles. The highest BCUT2D eigenvalue weighted by atomic mass is 35.5. The summed E-state index contributed by atoms with van der Waals surface area (Å²) in [6, 6.07) is 4.10. The van der Waals surface area contributed by atoms with Gasteiger partial charge in [0.05, 0.1) is 0 Å². The molecule has 3 heteroatoms. The highest BCUT2D eigenvalue weighted by molar-refractivity contribution is 6.31. The number of halogens is 2. The van der Waals surface area contributed by atoms with Crippen molar-refractivity contribution in [3.05, 3.63) is 34.6 Å². The molecule has 0 aromatic heterocycles. The molecule has 1 nitrogen and oxygen atoms in total. The van der Waals surface area contributed by atoms with Gasteiger partial charge in [-0.1, -0.05) is 32.4 Å². The molecule has 1 aromatic rings. The summed E-state index contributed by atoms with van der Waals surface area (Å²) in [6.07, 6.45) is 0.955. The molecule has 1 aromatic carbocycles. The van der Waals surface area contributed by atoms with Gasteiger partial charge >= 0.3 is 0 Å². The maximum atomic E-state index is 13.0. The zero-order chi connectivity index (χ0) is 12.3. The Morgan fingerprint density at radius 2 is 2.06 bits per heavy atom. The van der Waals surface area contributed by atoms with Crippen molar-refractivity contribution in [2.45, 2.75) is 33.6 Å². The number of carbonyl (C=O) groups is 1. The van der Waals surface area contributed by atoms with E-state index in [1.807, 2.05) is 20.8 Å². The van der Waals surface area contributed by atoms with Gasteiger partial charge in [0.2, 0.25) is 0 Å². The van der Waals surface area contributed by atoms with E-state index in [4.69, 9.17) is 11.6 Å². The first-order valence-corrected chi connectivity index (χ1v) is 5.72. The van der Waals surface area contributed by atoms with E-state index in [2.05, 4.69) is 0 Å². The highest BCUT2D eigenvalue weighted by Crippen LogP contribution is 2.25. The maximum absolute atomic E-state index is 13.0. The quantitative estimate of drug-likeness (QED) is 0.779. The predicted molar refractivity (Wildman–Crippen MR) is 64.2 cm³/mol. The molecule has 0 saturated heterocycles. The van der Waals surface area contributed by atoms with Gasteiger partial charge in [-0.15, -0.1) is 0 Å². The van der Waals surface area contributed by atoms with Gasteiger partial charge in [0, 0.05) is 16.9 Å². The average Bonchev–Trinajstić information content (AvgIpc) is 2.23. The normalized spacial score (nSPS) is 11.6. The van der Waals surface area contributed by atoms with Crippen LogP contribution in [0.1, 0.15) is 32.8 Å². The molecular formula is C13H16ClFO. The van der Waals surface area contributed by atoms with Crippen molar-refractivity contribution in [2.24, 2.45) is 5.41 Å². The van der Waals surface area contributed by atoms with E-state index in [0.29, 0.717) is 10.6 Å². The second-order valence-electron chi connectivity index (χ2n) is 4.57. The third-order valence-corrected chi connectivity index (χ3v) is 3.37. The van der Waals surface area contributed by atoms with E-state index in [0.717, 1.165) is 6.42 Å². The molecule has 0 bridgehead atoms. The first kappa shape index (κ1) is 13.2. The molecule has 0 heterocycles. The SMILES string of the molecule is CCC(C)(C)C(=O)Cc1cc(F)ccc1Cl. The monoisotopic (exact) mass is 242 g/mol. The van der Waals surface area contributed by atoms with Crippen molar-refractivity contribution in [1.29, 1.82) is 0 Å². The minimum absolute atomic E-state index is 0.0856. The van der Waals surface area contributed by atoms with Crippen LogP contribution in [0.4, 0.5) is 4.39 Å². The van der Waals surface area contributed by atoms with E-state index in [1.165, 1.54) is 18.2 Å². The summed E-state index contributed by atoms with van der Waals surface area (Å²) >= 11 is 5.91. The first-order chi connectivity index (χ1) is 7.36. The number of Topliss-reactive ketones (excluding diaryl/α,β-unsaturated/α-hetero) is 1. The summed E-state index contributed by atoms with van der Waals surface area (Å²) < 4.78 is 13.0. The van der Waals surface area contributed by atoms with Crippen molar-refractivity contribution < 1.29 is 9.18 Å². The number of hydrogen-bond acceptors (Lipinski definition) is 1. The third-order valence-electron chi connectivity index (χ3n) is 3.00. The van der Waals surface area contributed by atoms with Crippen LogP contribution in [0.25, 0.3) is 0 Å². The standard InChI is InChI=1S/C13H16ClFO/c1-4-13(2,3)12(16)8-9-7-10(15)5-6-11(9)14/h5-7H,4,8H2,1-3H3. The van der Waals surface area contributed by atoms with Gasteiger partial charge in [-0.05, 0) is 30.2 Å². The van der Waals surface area contributed by atoms with Crippen LogP contribution in [0.2, 0.25) is 5.02 Å². The number of carbonyl (C=O) groups excluding carboxylic acids is 1. The van der Waals surface area contributed by atoms with Crippen LogP contribution in [0.15, 0.2) is 18.2 Å². The number of ketones is 1. The minimum Gasteiger partial charge on any atom is -0.299 e. The Kier molecular flexibility index (Phi) is 4.09. The number of rotatable bonds is 4. The molecular weight excluding hydrogens is 227 g/mol. The van der Waals surface area contributed by atoms with E-state index in [1.54, 1.807) is 0 Å².